The molecule has 1 N–H and O–H groups in total. The summed E-state index contributed by atoms with van der Waals surface area (Å²) in [4.78, 5) is 13.8. The maximum Gasteiger partial charge on any atom is 0.416 e. The summed E-state index contributed by atoms with van der Waals surface area (Å²) in [5.74, 6) is -0.619. The van der Waals surface area contributed by atoms with Crippen molar-refractivity contribution < 1.29 is 27.4 Å². The van der Waals surface area contributed by atoms with Gasteiger partial charge in [0, 0.05) is 31.6 Å². The molecule has 8 heteroatoms. The first-order chi connectivity index (χ1) is 11.3. The molecule has 2 amide bonds. The predicted octanol–water partition coefficient (Wildman–Crippen LogP) is 3.46. The van der Waals surface area contributed by atoms with Gasteiger partial charge in [0.25, 0.3) is 0 Å². The number of ether oxygens (including phenoxy) is 2. The quantitative estimate of drug-likeness (QED) is 0.849. The Kier molecular flexibility index (Phi) is 4.44. The SMILES string of the molecule is C[C@H]1COC2(CCN(C(=O)Nc3cccc(C(F)(F)F)c3)CC2)O1. The van der Waals surface area contributed by atoms with Crippen LogP contribution in [0.15, 0.2) is 24.3 Å². The Bertz CT molecular complexity index is 613. The second-order valence-electron chi connectivity index (χ2n) is 6.15. The molecule has 3 rings (SSSR count). The molecule has 0 radical (unpaired) electrons. The van der Waals surface area contributed by atoms with E-state index in [1.165, 1.54) is 12.1 Å². The molecule has 0 aliphatic carbocycles. The Labute approximate surface area is 137 Å². The second kappa shape index (κ2) is 6.25. The first kappa shape index (κ1) is 17.0. The van der Waals surface area contributed by atoms with Crippen molar-refractivity contribution in [3.05, 3.63) is 29.8 Å². The Morgan fingerprint density at radius 2 is 2.04 bits per heavy atom. The van der Waals surface area contributed by atoms with Crippen molar-refractivity contribution in [3.63, 3.8) is 0 Å². The van der Waals surface area contributed by atoms with E-state index in [2.05, 4.69) is 5.32 Å². The summed E-state index contributed by atoms with van der Waals surface area (Å²) in [6, 6.07) is 4.18. The lowest BCUT2D eigenvalue weighted by atomic mass is 10.0. The number of carbonyl (C=O) groups is 1. The van der Waals surface area contributed by atoms with E-state index >= 15 is 0 Å². The van der Waals surface area contributed by atoms with E-state index in [9.17, 15) is 18.0 Å². The minimum atomic E-state index is -4.44. The number of benzene rings is 1. The number of anilines is 1. The second-order valence-corrected chi connectivity index (χ2v) is 6.15. The number of nitrogens with one attached hydrogen (secondary N) is 1. The van der Waals surface area contributed by atoms with Gasteiger partial charge in [-0.25, -0.2) is 4.79 Å². The molecule has 0 bridgehead atoms. The normalized spacial score (nSPS) is 23.5. The number of rotatable bonds is 1. The summed E-state index contributed by atoms with van der Waals surface area (Å²) in [7, 11) is 0. The van der Waals surface area contributed by atoms with Crippen LogP contribution in [0, 0.1) is 0 Å². The zero-order chi connectivity index (χ0) is 17.4. The number of halogens is 3. The van der Waals surface area contributed by atoms with Gasteiger partial charge >= 0.3 is 12.2 Å². The first-order valence-corrected chi connectivity index (χ1v) is 7.82. The van der Waals surface area contributed by atoms with Crippen LogP contribution in [-0.2, 0) is 15.7 Å². The summed E-state index contributed by atoms with van der Waals surface area (Å²) in [6.45, 7) is 3.33. The van der Waals surface area contributed by atoms with Crippen molar-refractivity contribution >= 4 is 11.7 Å². The zero-order valence-corrected chi connectivity index (χ0v) is 13.2. The Hall–Kier alpha value is -1.80. The lowest BCUT2D eigenvalue weighted by Gasteiger charge is -2.37. The smallest absolute Gasteiger partial charge is 0.347 e. The molecule has 2 heterocycles. The van der Waals surface area contributed by atoms with Gasteiger partial charge in [-0.2, -0.15) is 13.2 Å². The van der Waals surface area contributed by atoms with Gasteiger partial charge in [0.15, 0.2) is 5.79 Å². The molecule has 0 saturated carbocycles. The number of carbonyl (C=O) groups excluding carboxylic acids is 1. The van der Waals surface area contributed by atoms with Gasteiger partial charge < -0.3 is 19.7 Å². The highest BCUT2D eigenvalue weighted by atomic mass is 19.4. The third kappa shape index (κ3) is 3.64. The highest BCUT2D eigenvalue weighted by Gasteiger charge is 2.43. The fourth-order valence-corrected chi connectivity index (χ4v) is 2.99. The van der Waals surface area contributed by atoms with Gasteiger partial charge in [-0.05, 0) is 25.1 Å². The topological polar surface area (TPSA) is 50.8 Å². The molecule has 2 aliphatic rings. The van der Waals surface area contributed by atoms with E-state index in [0.717, 1.165) is 12.1 Å². The van der Waals surface area contributed by atoms with Crippen molar-refractivity contribution in [3.8, 4) is 0 Å². The van der Waals surface area contributed by atoms with Gasteiger partial charge in [-0.3, -0.25) is 0 Å². The van der Waals surface area contributed by atoms with Gasteiger partial charge in [0.1, 0.15) is 0 Å². The van der Waals surface area contributed by atoms with Gasteiger partial charge in [0.05, 0.1) is 18.3 Å². The number of hydrogen-bond donors (Lipinski definition) is 1. The van der Waals surface area contributed by atoms with Crippen LogP contribution in [0.5, 0.6) is 0 Å². The number of piperidine rings is 1. The van der Waals surface area contributed by atoms with Crippen LogP contribution < -0.4 is 5.32 Å². The van der Waals surface area contributed by atoms with Crippen molar-refractivity contribution in [2.24, 2.45) is 0 Å². The molecular weight excluding hydrogens is 325 g/mol. The molecule has 0 aromatic heterocycles. The third-order valence-electron chi connectivity index (χ3n) is 4.25. The van der Waals surface area contributed by atoms with Crippen LogP contribution in [-0.4, -0.2) is 42.5 Å². The average Bonchev–Trinajstić information content (AvgIpc) is 2.88. The monoisotopic (exact) mass is 344 g/mol. The number of amides is 2. The van der Waals surface area contributed by atoms with Crippen molar-refractivity contribution in [2.75, 3.05) is 25.0 Å². The van der Waals surface area contributed by atoms with Crippen LogP contribution in [0.2, 0.25) is 0 Å². The highest BCUT2D eigenvalue weighted by molar-refractivity contribution is 5.89. The van der Waals surface area contributed by atoms with Gasteiger partial charge in [-0.1, -0.05) is 6.07 Å². The minimum absolute atomic E-state index is 0.0375. The molecule has 1 aromatic carbocycles. The summed E-state index contributed by atoms with van der Waals surface area (Å²) in [6.07, 6.45) is -3.30. The summed E-state index contributed by atoms with van der Waals surface area (Å²) < 4.78 is 49.6. The van der Waals surface area contributed by atoms with Crippen LogP contribution in [0.3, 0.4) is 0 Å². The molecule has 24 heavy (non-hydrogen) atoms. The third-order valence-corrected chi connectivity index (χ3v) is 4.25. The van der Waals surface area contributed by atoms with Crippen LogP contribution in [0.1, 0.15) is 25.3 Å². The maximum absolute atomic E-state index is 12.7. The van der Waals surface area contributed by atoms with E-state index < -0.39 is 23.6 Å². The maximum atomic E-state index is 12.7. The van der Waals surface area contributed by atoms with E-state index in [1.807, 2.05) is 6.92 Å². The average molecular weight is 344 g/mol. The molecule has 0 unspecified atom stereocenters. The largest absolute Gasteiger partial charge is 0.416 e. The molecule has 1 aromatic rings. The Balaban J connectivity index is 1.59. The van der Waals surface area contributed by atoms with E-state index in [1.54, 1.807) is 4.90 Å². The number of likely N-dealkylation sites (tertiary alicyclic amines) is 1. The van der Waals surface area contributed by atoms with Crippen molar-refractivity contribution in [1.82, 2.24) is 4.90 Å². The fraction of sp³-hybridized carbons (Fsp3) is 0.562. The summed E-state index contributed by atoms with van der Waals surface area (Å²) in [5.41, 5.74) is -0.670. The Morgan fingerprint density at radius 1 is 1.33 bits per heavy atom. The van der Waals surface area contributed by atoms with Crippen molar-refractivity contribution in [2.45, 2.75) is 37.8 Å². The number of nitrogens with zero attached hydrogens (tertiary/aromatic N) is 1. The number of hydrogen-bond acceptors (Lipinski definition) is 3. The summed E-state index contributed by atoms with van der Waals surface area (Å²) >= 11 is 0. The van der Waals surface area contributed by atoms with Crippen LogP contribution in [0.4, 0.5) is 23.7 Å². The number of urea groups is 1. The predicted molar refractivity (Wildman–Crippen MR) is 80.5 cm³/mol. The fourth-order valence-electron chi connectivity index (χ4n) is 2.99. The molecule has 2 saturated heterocycles. The Morgan fingerprint density at radius 3 is 2.62 bits per heavy atom. The molecule has 5 nitrogen and oxygen atoms in total. The highest BCUT2D eigenvalue weighted by Crippen LogP contribution is 2.34. The lowest BCUT2D eigenvalue weighted by Crippen LogP contribution is -2.48. The minimum Gasteiger partial charge on any atom is -0.347 e. The van der Waals surface area contributed by atoms with Crippen molar-refractivity contribution in [1.29, 1.82) is 0 Å². The van der Waals surface area contributed by atoms with Gasteiger partial charge in [0.2, 0.25) is 0 Å². The molecule has 2 fully saturated rings. The van der Waals surface area contributed by atoms with Crippen LogP contribution in [0.25, 0.3) is 0 Å². The first-order valence-electron chi connectivity index (χ1n) is 7.82. The van der Waals surface area contributed by atoms with Crippen LogP contribution >= 0.6 is 0 Å². The van der Waals surface area contributed by atoms with E-state index in [-0.39, 0.29) is 11.8 Å². The molecule has 1 spiro atoms. The lowest BCUT2D eigenvalue weighted by molar-refractivity contribution is -0.189. The standard InChI is InChI=1S/C16H19F3N2O3/c1-11-10-23-15(24-11)5-7-21(8-6-15)14(22)20-13-4-2-3-12(9-13)16(17,18)19/h2-4,9,11H,5-8,10H2,1H3,(H,20,22)/t11-/m0/s1. The molecule has 2 aliphatic heterocycles. The number of alkyl halides is 3. The van der Waals surface area contributed by atoms with Gasteiger partial charge in [-0.15, -0.1) is 0 Å². The molecule has 132 valence electrons. The van der Waals surface area contributed by atoms with E-state index in [0.29, 0.717) is 32.5 Å². The van der Waals surface area contributed by atoms with E-state index in [4.69, 9.17) is 9.47 Å². The summed E-state index contributed by atoms with van der Waals surface area (Å²) in [5, 5.41) is 2.52. The zero-order valence-electron chi connectivity index (χ0n) is 13.2. The molecular formula is C16H19F3N2O3. The molecule has 1 atom stereocenters.